The molecular formula is C10H11ClN2O4S. The Labute approximate surface area is 112 Å². The fraction of sp³-hybridized carbons (Fsp3) is 0.300. The highest BCUT2D eigenvalue weighted by Crippen LogP contribution is 2.21. The number of carboxylic acids is 1. The van der Waals surface area contributed by atoms with Crippen LogP contribution in [-0.2, 0) is 9.59 Å². The number of halogens is 1. The van der Waals surface area contributed by atoms with Gasteiger partial charge in [0.2, 0.25) is 5.91 Å². The second-order valence-electron chi connectivity index (χ2n) is 3.47. The van der Waals surface area contributed by atoms with Gasteiger partial charge in [-0.05, 0) is 17.9 Å². The molecule has 0 aliphatic heterocycles. The maximum Gasteiger partial charge on any atom is 0.326 e. The van der Waals surface area contributed by atoms with Crippen LogP contribution in [-0.4, -0.2) is 28.9 Å². The number of carboxylic acid groups (broad SMARTS) is 1. The third-order valence-electron chi connectivity index (χ3n) is 2.11. The fourth-order valence-electron chi connectivity index (χ4n) is 1.22. The SMILES string of the molecule is NC(=O)CCC(NC(=O)c1sccc1Cl)C(=O)O. The lowest BCUT2D eigenvalue weighted by Crippen LogP contribution is -2.41. The third kappa shape index (κ3) is 4.01. The molecule has 1 rings (SSSR count). The Balaban J connectivity index is 2.67. The van der Waals surface area contributed by atoms with Crippen LogP contribution in [0, 0.1) is 0 Å². The normalized spacial score (nSPS) is 11.8. The van der Waals surface area contributed by atoms with Gasteiger partial charge in [0, 0.05) is 6.42 Å². The Morgan fingerprint density at radius 3 is 2.61 bits per heavy atom. The summed E-state index contributed by atoms with van der Waals surface area (Å²) in [6.07, 6.45) is -0.172. The molecule has 0 spiro atoms. The number of nitrogens with one attached hydrogen (secondary N) is 1. The first kappa shape index (κ1) is 14.5. The Kier molecular flexibility index (Phi) is 5.11. The van der Waals surface area contributed by atoms with E-state index in [2.05, 4.69) is 5.32 Å². The van der Waals surface area contributed by atoms with Crippen LogP contribution in [0.5, 0.6) is 0 Å². The molecule has 1 aromatic rings. The number of carbonyl (C=O) groups excluding carboxylic acids is 2. The van der Waals surface area contributed by atoms with Gasteiger partial charge in [0.15, 0.2) is 0 Å². The molecule has 0 saturated carbocycles. The molecule has 0 fully saturated rings. The third-order valence-corrected chi connectivity index (χ3v) is 3.45. The quantitative estimate of drug-likeness (QED) is 0.721. The Morgan fingerprint density at radius 1 is 1.50 bits per heavy atom. The van der Waals surface area contributed by atoms with E-state index in [9.17, 15) is 14.4 Å². The van der Waals surface area contributed by atoms with Crippen LogP contribution in [0.15, 0.2) is 11.4 Å². The summed E-state index contributed by atoms with van der Waals surface area (Å²) in [5.74, 6) is -2.42. The van der Waals surface area contributed by atoms with Gasteiger partial charge in [-0.15, -0.1) is 11.3 Å². The van der Waals surface area contributed by atoms with E-state index in [4.69, 9.17) is 22.4 Å². The Hall–Kier alpha value is -1.60. The summed E-state index contributed by atoms with van der Waals surface area (Å²) < 4.78 is 0. The summed E-state index contributed by atoms with van der Waals surface area (Å²) in [6, 6.07) is 0.378. The Morgan fingerprint density at radius 2 is 2.17 bits per heavy atom. The van der Waals surface area contributed by atoms with Crippen molar-refractivity contribution >= 4 is 40.7 Å². The summed E-state index contributed by atoms with van der Waals surface area (Å²) in [7, 11) is 0. The highest BCUT2D eigenvalue weighted by Gasteiger charge is 2.22. The van der Waals surface area contributed by atoms with Crippen molar-refractivity contribution in [1.29, 1.82) is 0 Å². The van der Waals surface area contributed by atoms with Crippen LogP contribution in [0.1, 0.15) is 22.5 Å². The number of thiophene rings is 1. The van der Waals surface area contributed by atoms with E-state index in [1.54, 1.807) is 11.4 Å². The number of aliphatic carboxylic acids is 1. The average molecular weight is 291 g/mol. The number of hydrogen-bond acceptors (Lipinski definition) is 4. The summed E-state index contributed by atoms with van der Waals surface area (Å²) in [5.41, 5.74) is 4.93. The van der Waals surface area contributed by atoms with Crippen LogP contribution in [0.4, 0.5) is 0 Å². The van der Waals surface area contributed by atoms with E-state index >= 15 is 0 Å². The predicted octanol–water partition coefficient (Wildman–Crippen LogP) is 0.850. The average Bonchev–Trinajstić information content (AvgIpc) is 2.69. The summed E-state index contributed by atoms with van der Waals surface area (Å²) in [5, 5.41) is 13.1. The molecule has 1 aromatic heterocycles. The van der Waals surface area contributed by atoms with Crippen molar-refractivity contribution in [1.82, 2.24) is 5.32 Å². The molecule has 0 bridgehead atoms. The van der Waals surface area contributed by atoms with Gasteiger partial charge in [0.25, 0.3) is 5.91 Å². The van der Waals surface area contributed by atoms with Gasteiger partial charge in [0.05, 0.1) is 5.02 Å². The maximum absolute atomic E-state index is 11.7. The zero-order chi connectivity index (χ0) is 13.7. The number of primary amides is 1. The van der Waals surface area contributed by atoms with Gasteiger partial charge in [0.1, 0.15) is 10.9 Å². The Bertz CT molecular complexity index is 474. The summed E-state index contributed by atoms with van der Waals surface area (Å²) >= 11 is 6.86. The topological polar surface area (TPSA) is 109 Å². The molecule has 98 valence electrons. The van der Waals surface area contributed by atoms with Crippen molar-refractivity contribution in [3.8, 4) is 0 Å². The maximum atomic E-state index is 11.7. The van der Waals surface area contributed by atoms with Crippen molar-refractivity contribution in [2.45, 2.75) is 18.9 Å². The molecule has 0 radical (unpaired) electrons. The predicted molar refractivity (Wildman–Crippen MR) is 66.6 cm³/mol. The van der Waals surface area contributed by atoms with Crippen LogP contribution in [0.25, 0.3) is 0 Å². The monoisotopic (exact) mass is 290 g/mol. The summed E-state index contributed by atoms with van der Waals surface area (Å²) in [6.45, 7) is 0. The smallest absolute Gasteiger partial charge is 0.326 e. The minimum atomic E-state index is -1.22. The first-order chi connectivity index (χ1) is 8.41. The minimum Gasteiger partial charge on any atom is -0.480 e. The van der Waals surface area contributed by atoms with Crippen LogP contribution in [0.3, 0.4) is 0 Å². The molecule has 1 heterocycles. The number of carbonyl (C=O) groups is 3. The molecule has 0 aliphatic carbocycles. The first-order valence-corrected chi connectivity index (χ1v) is 6.22. The van der Waals surface area contributed by atoms with Crippen LogP contribution < -0.4 is 11.1 Å². The van der Waals surface area contributed by atoms with E-state index in [1.807, 2.05) is 0 Å². The standard InChI is InChI=1S/C10H11ClN2O4S/c11-5-3-4-18-8(5)9(15)13-6(10(16)17)1-2-7(12)14/h3-4,6H,1-2H2,(H2,12,14)(H,13,15)(H,16,17). The van der Waals surface area contributed by atoms with E-state index in [0.717, 1.165) is 11.3 Å². The highest BCUT2D eigenvalue weighted by molar-refractivity contribution is 7.12. The lowest BCUT2D eigenvalue weighted by atomic mass is 10.1. The second-order valence-corrected chi connectivity index (χ2v) is 4.79. The van der Waals surface area contributed by atoms with E-state index in [-0.39, 0.29) is 22.7 Å². The van der Waals surface area contributed by atoms with Gasteiger partial charge in [-0.2, -0.15) is 0 Å². The fourth-order valence-corrected chi connectivity index (χ4v) is 2.27. The minimum absolute atomic E-state index is 0.0561. The summed E-state index contributed by atoms with van der Waals surface area (Å²) in [4.78, 5) is 33.5. The molecule has 6 nitrogen and oxygen atoms in total. The van der Waals surface area contributed by atoms with Crippen molar-refractivity contribution in [2.24, 2.45) is 5.73 Å². The van der Waals surface area contributed by atoms with Crippen molar-refractivity contribution in [3.05, 3.63) is 21.3 Å². The zero-order valence-electron chi connectivity index (χ0n) is 9.18. The zero-order valence-corrected chi connectivity index (χ0v) is 10.8. The van der Waals surface area contributed by atoms with Crippen molar-refractivity contribution < 1.29 is 19.5 Å². The number of hydrogen-bond donors (Lipinski definition) is 3. The van der Waals surface area contributed by atoms with Gasteiger partial charge >= 0.3 is 5.97 Å². The van der Waals surface area contributed by atoms with Gasteiger partial charge < -0.3 is 16.2 Å². The van der Waals surface area contributed by atoms with E-state index in [0.29, 0.717) is 0 Å². The molecule has 8 heteroatoms. The van der Waals surface area contributed by atoms with Gasteiger partial charge in [-0.25, -0.2) is 4.79 Å². The molecule has 0 aromatic carbocycles. The first-order valence-electron chi connectivity index (χ1n) is 4.96. The van der Waals surface area contributed by atoms with Crippen molar-refractivity contribution in [3.63, 3.8) is 0 Å². The lowest BCUT2D eigenvalue weighted by molar-refractivity contribution is -0.139. The molecule has 1 unspecified atom stereocenters. The lowest BCUT2D eigenvalue weighted by Gasteiger charge is -2.13. The van der Waals surface area contributed by atoms with Crippen LogP contribution in [0.2, 0.25) is 5.02 Å². The molecule has 4 N–H and O–H groups in total. The second kappa shape index (κ2) is 6.36. The number of rotatable bonds is 6. The van der Waals surface area contributed by atoms with Gasteiger partial charge in [-0.1, -0.05) is 11.6 Å². The largest absolute Gasteiger partial charge is 0.480 e. The molecule has 1 atom stereocenters. The van der Waals surface area contributed by atoms with Crippen LogP contribution >= 0.6 is 22.9 Å². The van der Waals surface area contributed by atoms with E-state index in [1.165, 1.54) is 0 Å². The molecule has 0 aliphatic rings. The van der Waals surface area contributed by atoms with Crippen molar-refractivity contribution in [2.75, 3.05) is 0 Å². The molecule has 0 saturated heterocycles. The number of amides is 2. The van der Waals surface area contributed by atoms with E-state index < -0.39 is 23.8 Å². The molecular weight excluding hydrogens is 280 g/mol. The number of nitrogens with two attached hydrogens (primary N) is 1. The van der Waals surface area contributed by atoms with Gasteiger partial charge in [-0.3, -0.25) is 9.59 Å². The molecule has 18 heavy (non-hydrogen) atoms. The molecule has 2 amide bonds. The highest BCUT2D eigenvalue weighted by atomic mass is 35.5.